The topological polar surface area (TPSA) is 48.5 Å². The van der Waals surface area contributed by atoms with Crippen LogP contribution >= 0.6 is 11.8 Å². The molecule has 0 radical (unpaired) electrons. The van der Waals surface area contributed by atoms with Crippen molar-refractivity contribution in [2.45, 2.75) is 25.1 Å². The van der Waals surface area contributed by atoms with Crippen LogP contribution < -0.4 is 5.32 Å². The number of carbonyl (C=O) groups is 1. The average Bonchev–Trinajstić information content (AvgIpc) is 2.54. The van der Waals surface area contributed by atoms with Crippen LogP contribution in [0.5, 0.6) is 0 Å². The van der Waals surface area contributed by atoms with Gasteiger partial charge in [-0.25, -0.2) is 4.79 Å². The fourth-order valence-electron chi connectivity index (χ4n) is 2.33. The predicted octanol–water partition coefficient (Wildman–Crippen LogP) is 2.05. The summed E-state index contributed by atoms with van der Waals surface area (Å²) in [5.74, 6) is 0. The molecule has 122 valence electrons. The Labute approximate surface area is 137 Å². The van der Waals surface area contributed by atoms with E-state index in [2.05, 4.69) is 35.3 Å². The molecular weight excluding hydrogens is 296 g/mol. The van der Waals surface area contributed by atoms with E-state index >= 15 is 0 Å². The monoisotopic (exact) mass is 322 g/mol. The first-order valence-corrected chi connectivity index (χ1v) is 8.92. The number of pyridine rings is 1. The zero-order valence-corrected chi connectivity index (χ0v) is 14.5. The molecule has 1 saturated heterocycles. The van der Waals surface area contributed by atoms with Crippen LogP contribution in [0.2, 0.25) is 0 Å². The summed E-state index contributed by atoms with van der Waals surface area (Å²) in [4.78, 5) is 20.5. The molecule has 2 heterocycles. The maximum Gasteiger partial charge on any atom is 0.317 e. The van der Waals surface area contributed by atoms with Crippen molar-refractivity contribution in [3.63, 3.8) is 0 Å². The molecule has 1 fully saturated rings. The van der Waals surface area contributed by atoms with Crippen LogP contribution in [0.4, 0.5) is 4.79 Å². The maximum atomic E-state index is 12.2. The Kier molecular flexibility index (Phi) is 6.08. The second-order valence-electron chi connectivity index (χ2n) is 6.24. The summed E-state index contributed by atoms with van der Waals surface area (Å²) in [6.45, 7) is 9.33. The van der Waals surface area contributed by atoms with Gasteiger partial charge in [-0.1, -0.05) is 0 Å². The fourth-order valence-corrected chi connectivity index (χ4v) is 2.54. The standard InChI is InChI=1S/C16H26N4OS/c1-16(2,22-3)13-18-15(21)20-10-8-19(9-11-20)12-14-4-6-17-7-5-14/h4-7H,8-13H2,1-3H3,(H,18,21). The molecule has 2 rings (SSSR count). The van der Waals surface area contributed by atoms with E-state index in [-0.39, 0.29) is 10.8 Å². The quantitative estimate of drug-likeness (QED) is 0.901. The number of amides is 2. The largest absolute Gasteiger partial charge is 0.337 e. The molecule has 1 aliphatic rings. The zero-order valence-electron chi connectivity index (χ0n) is 13.7. The van der Waals surface area contributed by atoms with Gasteiger partial charge in [0.25, 0.3) is 0 Å². The average molecular weight is 322 g/mol. The molecule has 0 aromatic carbocycles. The van der Waals surface area contributed by atoms with Gasteiger partial charge in [0, 0.05) is 56.4 Å². The Morgan fingerprint density at radius 2 is 1.91 bits per heavy atom. The SMILES string of the molecule is CSC(C)(C)CNC(=O)N1CCN(Cc2ccncc2)CC1. The third kappa shape index (κ3) is 5.18. The molecule has 22 heavy (non-hydrogen) atoms. The molecule has 1 aromatic rings. The number of carbonyl (C=O) groups excluding carboxylic acids is 1. The van der Waals surface area contributed by atoms with E-state index in [1.807, 2.05) is 29.4 Å². The van der Waals surface area contributed by atoms with Gasteiger partial charge in [0.05, 0.1) is 0 Å². The molecule has 0 spiro atoms. The van der Waals surface area contributed by atoms with Gasteiger partial charge in [0.2, 0.25) is 0 Å². The molecule has 2 amide bonds. The minimum absolute atomic E-state index is 0.0608. The molecule has 0 unspecified atom stereocenters. The summed E-state index contributed by atoms with van der Waals surface area (Å²) in [5.41, 5.74) is 1.27. The van der Waals surface area contributed by atoms with E-state index in [4.69, 9.17) is 0 Å². The first kappa shape index (κ1) is 17.1. The van der Waals surface area contributed by atoms with Crippen molar-refractivity contribution in [1.82, 2.24) is 20.1 Å². The number of hydrogen-bond donors (Lipinski definition) is 1. The highest BCUT2D eigenvalue weighted by molar-refractivity contribution is 7.99. The van der Waals surface area contributed by atoms with E-state index in [9.17, 15) is 4.79 Å². The summed E-state index contributed by atoms with van der Waals surface area (Å²) in [6, 6.07) is 4.15. The van der Waals surface area contributed by atoms with Crippen LogP contribution in [-0.4, -0.2) is 64.5 Å². The summed E-state index contributed by atoms with van der Waals surface area (Å²) in [7, 11) is 0. The number of urea groups is 1. The molecule has 5 nitrogen and oxygen atoms in total. The van der Waals surface area contributed by atoms with Crippen molar-refractivity contribution < 1.29 is 4.79 Å². The zero-order chi connectivity index (χ0) is 16.0. The van der Waals surface area contributed by atoms with Crippen LogP contribution in [-0.2, 0) is 6.54 Å². The van der Waals surface area contributed by atoms with E-state index in [1.165, 1.54) is 5.56 Å². The number of nitrogens with one attached hydrogen (secondary N) is 1. The van der Waals surface area contributed by atoms with Gasteiger partial charge in [-0.2, -0.15) is 11.8 Å². The third-order valence-electron chi connectivity index (χ3n) is 4.03. The molecule has 0 bridgehead atoms. The Morgan fingerprint density at radius 1 is 1.27 bits per heavy atom. The molecule has 1 N–H and O–H groups in total. The third-order valence-corrected chi connectivity index (χ3v) is 5.28. The predicted molar refractivity (Wildman–Crippen MR) is 92.1 cm³/mol. The van der Waals surface area contributed by atoms with E-state index < -0.39 is 0 Å². The summed E-state index contributed by atoms with van der Waals surface area (Å²) < 4.78 is 0.0822. The minimum atomic E-state index is 0.0608. The minimum Gasteiger partial charge on any atom is -0.337 e. The van der Waals surface area contributed by atoms with Crippen LogP contribution in [0.25, 0.3) is 0 Å². The van der Waals surface area contributed by atoms with Gasteiger partial charge in [0.1, 0.15) is 0 Å². The summed E-state index contributed by atoms with van der Waals surface area (Å²) in [6.07, 6.45) is 5.73. The lowest BCUT2D eigenvalue weighted by atomic mass is 10.2. The maximum absolute atomic E-state index is 12.2. The fraction of sp³-hybridized carbons (Fsp3) is 0.625. The first-order chi connectivity index (χ1) is 10.5. The van der Waals surface area contributed by atoms with E-state index in [0.717, 1.165) is 32.7 Å². The lowest BCUT2D eigenvalue weighted by Crippen LogP contribution is -2.52. The van der Waals surface area contributed by atoms with Crippen molar-refractivity contribution in [2.75, 3.05) is 39.0 Å². The van der Waals surface area contributed by atoms with E-state index in [1.54, 1.807) is 11.8 Å². The Bertz CT molecular complexity index is 472. The van der Waals surface area contributed by atoms with Crippen molar-refractivity contribution >= 4 is 17.8 Å². The number of aromatic nitrogens is 1. The molecule has 1 aliphatic heterocycles. The van der Waals surface area contributed by atoms with Crippen molar-refractivity contribution in [1.29, 1.82) is 0 Å². The molecular formula is C16H26N4OS. The van der Waals surface area contributed by atoms with Gasteiger partial charge in [-0.15, -0.1) is 0 Å². The highest BCUT2D eigenvalue weighted by atomic mass is 32.2. The Hall–Kier alpha value is -1.27. The molecule has 0 aliphatic carbocycles. The van der Waals surface area contributed by atoms with Crippen molar-refractivity contribution in [3.05, 3.63) is 30.1 Å². The highest BCUT2D eigenvalue weighted by Crippen LogP contribution is 2.19. The van der Waals surface area contributed by atoms with Gasteiger partial charge in [-0.3, -0.25) is 9.88 Å². The van der Waals surface area contributed by atoms with Crippen molar-refractivity contribution in [3.8, 4) is 0 Å². The molecule has 0 atom stereocenters. The second-order valence-corrected chi connectivity index (χ2v) is 7.75. The Morgan fingerprint density at radius 3 is 2.50 bits per heavy atom. The number of piperazine rings is 1. The highest BCUT2D eigenvalue weighted by Gasteiger charge is 2.23. The summed E-state index contributed by atoms with van der Waals surface area (Å²) >= 11 is 1.77. The van der Waals surface area contributed by atoms with Gasteiger partial charge >= 0.3 is 6.03 Å². The van der Waals surface area contributed by atoms with Crippen LogP contribution in [0.1, 0.15) is 19.4 Å². The second kappa shape index (κ2) is 7.83. The Balaban J connectivity index is 1.73. The number of hydrogen-bond acceptors (Lipinski definition) is 4. The number of rotatable bonds is 5. The first-order valence-electron chi connectivity index (χ1n) is 7.69. The van der Waals surface area contributed by atoms with Crippen LogP contribution in [0.15, 0.2) is 24.5 Å². The molecule has 0 saturated carbocycles. The van der Waals surface area contributed by atoms with Gasteiger partial charge < -0.3 is 10.2 Å². The summed E-state index contributed by atoms with van der Waals surface area (Å²) in [5, 5.41) is 3.05. The van der Waals surface area contributed by atoms with Crippen LogP contribution in [0, 0.1) is 0 Å². The number of thioether (sulfide) groups is 1. The van der Waals surface area contributed by atoms with Crippen molar-refractivity contribution in [2.24, 2.45) is 0 Å². The normalized spacial score (nSPS) is 16.6. The van der Waals surface area contributed by atoms with Gasteiger partial charge in [0.15, 0.2) is 0 Å². The van der Waals surface area contributed by atoms with E-state index in [0.29, 0.717) is 6.54 Å². The van der Waals surface area contributed by atoms with Crippen LogP contribution in [0.3, 0.4) is 0 Å². The number of nitrogens with zero attached hydrogens (tertiary/aromatic N) is 3. The molecule has 1 aromatic heterocycles. The lowest BCUT2D eigenvalue weighted by molar-refractivity contribution is 0.135. The smallest absolute Gasteiger partial charge is 0.317 e. The molecule has 6 heteroatoms. The lowest BCUT2D eigenvalue weighted by Gasteiger charge is -2.35. The van der Waals surface area contributed by atoms with Gasteiger partial charge in [-0.05, 0) is 37.8 Å².